The van der Waals surface area contributed by atoms with Crippen molar-refractivity contribution in [2.24, 2.45) is 4.99 Å². The van der Waals surface area contributed by atoms with Gasteiger partial charge < -0.3 is 5.11 Å². The first kappa shape index (κ1) is 20.1. The SMILES string of the molecule is O=C1c2ccccc2C(=O)c2c(N=Cc3c(O)n(-c4ccccc4)c(=O)[nH]c3=O)cccc21. The molecule has 2 N–H and O–H groups in total. The largest absolute Gasteiger partial charge is 0.493 e. The van der Waals surface area contributed by atoms with Crippen molar-refractivity contribution in [2.75, 3.05) is 0 Å². The highest BCUT2D eigenvalue weighted by molar-refractivity contribution is 6.30. The van der Waals surface area contributed by atoms with Crippen LogP contribution in [0.15, 0.2) is 87.4 Å². The van der Waals surface area contributed by atoms with Gasteiger partial charge in [0.15, 0.2) is 11.6 Å². The fourth-order valence-electron chi connectivity index (χ4n) is 3.84. The summed E-state index contributed by atoms with van der Waals surface area (Å²) in [6.45, 7) is 0. The van der Waals surface area contributed by atoms with Gasteiger partial charge in [-0.05, 0) is 18.2 Å². The summed E-state index contributed by atoms with van der Waals surface area (Å²) in [6.07, 6.45) is 1.07. The summed E-state index contributed by atoms with van der Waals surface area (Å²) in [7, 11) is 0. The normalized spacial score (nSPS) is 12.6. The minimum atomic E-state index is -0.842. The Labute approximate surface area is 186 Å². The minimum absolute atomic E-state index is 0.116. The standard InChI is InChI=1S/C25H15N3O5/c29-21-15-9-4-5-10-16(15)22(30)20-17(21)11-6-12-19(20)26-13-18-23(31)27-25(33)28(24(18)32)14-7-2-1-3-8-14/h1-13,32H,(H,27,31,33). The lowest BCUT2D eigenvalue weighted by atomic mass is 9.83. The van der Waals surface area contributed by atoms with Crippen molar-refractivity contribution in [2.45, 2.75) is 0 Å². The van der Waals surface area contributed by atoms with Gasteiger partial charge in [0.1, 0.15) is 5.56 Å². The van der Waals surface area contributed by atoms with E-state index in [1.165, 1.54) is 6.07 Å². The van der Waals surface area contributed by atoms with Gasteiger partial charge in [-0.25, -0.2) is 9.36 Å². The van der Waals surface area contributed by atoms with Gasteiger partial charge in [-0.2, -0.15) is 0 Å². The molecule has 0 saturated heterocycles. The first-order valence-electron chi connectivity index (χ1n) is 9.96. The molecular formula is C25H15N3O5. The minimum Gasteiger partial charge on any atom is -0.493 e. The number of hydrogen-bond acceptors (Lipinski definition) is 6. The lowest BCUT2D eigenvalue weighted by Crippen LogP contribution is -2.31. The fraction of sp³-hybridized carbons (Fsp3) is 0. The number of aromatic nitrogens is 2. The van der Waals surface area contributed by atoms with Gasteiger partial charge in [0, 0.05) is 22.9 Å². The number of fused-ring (bicyclic) bond motifs is 2. The van der Waals surface area contributed by atoms with Crippen molar-refractivity contribution in [3.63, 3.8) is 0 Å². The van der Waals surface area contributed by atoms with Crippen LogP contribution in [0.2, 0.25) is 0 Å². The van der Waals surface area contributed by atoms with Crippen molar-refractivity contribution in [3.8, 4) is 11.6 Å². The van der Waals surface area contributed by atoms with Gasteiger partial charge in [-0.1, -0.05) is 54.6 Å². The van der Waals surface area contributed by atoms with E-state index in [4.69, 9.17) is 0 Å². The lowest BCUT2D eigenvalue weighted by molar-refractivity contribution is 0.0979. The number of aromatic amines is 1. The van der Waals surface area contributed by atoms with Crippen molar-refractivity contribution in [3.05, 3.63) is 121 Å². The number of benzene rings is 3. The molecule has 8 nitrogen and oxygen atoms in total. The maximum atomic E-state index is 13.1. The number of rotatable bonds is 3. The fourth-order valence-corrected chi connectivity index (χ4v) is 3.84. The molecule has 1 aliphatic carbocycles. The number of carbonyl (C=O) groups excluding carboxylic acids is 2. The maximum Gasteiger partial charge on any atom is 0.335 e. The van der Waals surface area contributed by atoms with E-state index < -0.39 is 17.1 Å². The van der Waals surface area contributed by atoms with Crippen LogP contribution in [-0.4, -0.2) is 32.4 Å². The van der Waals surface area contributed by atoms with Crippen LogP contribution in [0.25, 0.3) is 5.69 Å². The number of aromatic hydroxyl groups is 1. The molecule has 0 saturated carbocycles. The van der Waals surface area contributed by atoms with E-state index in [2.05, 4.69) is 9.98 Å². The summed E-state index contributed by atoms with van der Waals surface area (Å²) in [5.74, 6) is -1.26. The Morgan fingerprint density at radius 1 is 0.758 bits per heavy atom. The molecule has 1 aromatic heterocycles. The van der Waals surface area contributed by atoms with E-state index in [-0.39, 0.29) is 39.5 Å². The number of nitrogens with one attached hydrogen (secondary N) is 1. The average molecular weight is 437 g/mol. The first-order valence-corrected chi connectivity index (χ1v) is 9.96. The van der Waals surface area contributed by atoms with E-state index in [9.17, 15) is 24.3 Å². The molecule has 3 aromatic carbocycles. The number of para-hydroxylation sites is 1. The van der Waals surface area contributed by atoms with Crippen LogP contribution in [0.3, 0.4) is 0 Å². The van der Waals surface area contributed by atoms with Gasteiger partial charge >= 0.3 is 5.69 Å². The van der Waals surface area contributed by atoms with Crippen molar-refractivity contribution in [1.82, 2.24) is 9.55 Å². The second-order valence-electron chi connectivity index (χ2n) is 7.33. The highest BCUT2D eigenvalue weighted by atomic mass is 16.3. The van der Waals surface area contributed by atoms with Crippen LogP contribution in [0.5, 0.6) is 5.88 Å². The lowest BCUT2D eigenvalue weighted by Gasteiger charge is -2.18. The number of H-pyrrole nitrogens is 1. The highest BCUT2D eigenvalue weighted by Crippen LogP contribution is 2.33. The van der Waals surface area contributed by atoms with Gasteiger partial charge in [-0.3, -0.25) is 24.4 Å². The molecule has 0 unspecified atom stereocenters. The second kappa shape index (κ2) is 7.69. The zero-order valence-electron chi connectivity index (χ0n) is 17.0. The van der Waals surface area contributed by atoms with E-state index in [1.807, 2.05) is 0 Å². The Morgan fingerprint density at radius 3 is 2.12 bits per heavy atom. The molecule has 0 aliphatic heterocycles. The molecule has 160 valence electrons. The van der Waals surface area contributed by atoms with Crippen LogP contribution in [0.1, 0.15) is 37.4 Å². The summed E-state index contributed by atoms with van der Waals surface area (Å²) in [5.41, 5.74) is -0.494. The quantitative estimate of drug-likeness (QED) is 0.421. The zero-order chi connectivity index (χ0) is 23.1. The molecule has 0 spiro atoms. The third kappa shape index (κ3) is 3.21. The number of carbonyl (C=O) groups is 2. The molecule has 1 heterocycles. The number of aliphatic imine (C=N–C) groups is 1. The number of ketones is 2. The summed E-state index contributed by atoms with van der Waals surface area (Å²) >= 11 is 0. The average Bonchev–Trinajstić information content (AvgIpc) is 2.82. The summed E-state index contributed by atoms with van der Waals surface area (Å²) in [4.78, 5) is 57.1. The van der Waals surface area contributed by atoms with Crippen LogP contribution in [0, 0.1) is 0 Å². The van der Waals surface area contributed by atoms with Gasteiger partial charge in [0.05, 0.1) is 16.9 Å². The van der Waals surface area contributed by atoms with Crippen molar-refractivity contribution < 1.29 is 14.7 Å². The van der Waals surface area contributed by atoms with Crippen LogP contribution >= 0.6 is 0 Å². The Bertz CT molecular complexity index is 1600. The van der Waals surface area contributed by atoms with Gasteiger partial charge in [0.25, 0.3) is 5.56 Å². The molecule has 0 radical (unpaired) electrons. The van der Waals surface area contributed by atoms with Crippen molar-refractivity contribution >= 4 is 23.5 Å². The van der Waals surface area contributed by atoms with E-state index in [1.54, 1.807) is 66.7 Å². The molecule has 33 heavy (non-hydrogen) atoms. The Hall–Kier alpha value is -4.85. The van der Waals surface area contributed by atoms with Crippen LogP contribution in [0.4, 0.5) is 5.69 Å². The summed E-state index contributed by atoms with van der Waals surface area (Å²) in [6, 6.07) is 19.5. The number of nitrogens with zero attached hydrogens (tertiary/aromatic N) is 2. The summed E-state index contributed by atoms with van der Waals surface area (Å²) < 4.78 is 0.939. The van der Waals surface area contributed by atoms with Crippen LogP contribution in [-0.2, 0) is 0 Å². The predicted molar refractivity (Wildman–Crippen MR) is 121 cm³/mol. The molecule has 5 rings (SSSR count). The summed E-state index contributed by atoms with van der Waals surface area (Å²) in [5, 5.41) is 10.7. The molecule has 8 heteroatoms. The Morgan fingerprint density at radius 2 is 1.39 bits per heavy atom. The molecule has 1 aliphatic rings. The molecule has 0 amide bonds. The predicted octanol–water partition coefficient (Wildman–Crippen LogP) is 2.76. The Kier molecular flexibility index (Phi) is 4.68. The van der Waals surface area contributed by atoms with E-state index in [0.717, 1.165) is 10.8 Å². The smallest absolute Gasteiger partial charge is 0.335 e. The van der Waals surface area contributed by atoms with Crippen molar-refractivity contribution in [1.29, 1.82) is 0 Å². The molecule has 0 fully saturated rings. The first-order chi connectivity index (χ1) is 16.0. The molecular weight excluding hydrogens is 422 g/mol. The Balaban J connectivity index is 1.64. The topological polar surface area (TPSA) is 122 Å². The molecule has 0 atom stereocenters. The van der Waals surface area contributed by atoms with Gasteiger partial charge in [-0.15, -0.1) is 0 Å². The third-order valence-electron chi connectivity index (χ3n) is 5.40. The van der Waals surface area contributed by atoms with Gasteiger partial charge in [0.2, 0.25) is 5.88 Å². The number of hydrogen-bond donors (Lipinski definition) is 2. The van der Waals surface area contributed by atoms with Crippen LogP contribution < -0.4 is 11.2 Å². The monoisotopic (exact) mass is 437 g/mol. The maximum absolute atomic E-state index is 13.1. The highest BCUT2D eigenvalue weighted by Gasteiger charge is 2.31. The molecule has 4 aromatic rings. The van der Waals surface area contributed by atoms with E-state index in [0.29, 0.717) is 11.3 Å². The molecule has 0 bridgehead atoms. The zero-order valence-corrected chi connectivity index (χ0v) is 17.0. The van der Waals surface area contributed by atoms with E-state index >= 15 is 0 Å². The third-order valence-corrected chi connectivity index (χ3v) is 5.40. The second-order valence-corrected chi connectivity index (χ2v) is 7.33.